The van der Waals surface area contributed by atoms with Crippen molar-refractivity contribution in [3.05, 3.63) is 0 Å². The Morgan fingerprint density at radius 2 is 2.05 bits per heavy atom. The van der Waals surface area contributed by atoms with Gasteiger partial charge in [-0.05, 0) is 45.2 Å². The Bertz CT molecular complexity index is 318. The van der Waals surface area contributed by atoms with Crippen molar-refractivity contribution in [3.63, 3.8) is 0 Å². The van der Waals surface area contributed by atoms with Crippen molar-refractivity contribution in [1.29, 1.82) is 0 Å². The summed E-state index contributed by atoms with van der Waals surface area (Å²) in [6, 6.07) is 0.440. The fourth-order valence-electron chi connectivity index (χ4n) is 3.77. The Morgan fingerprint density at radius 1 is 1.35 bits per heavy atom. The highest BCUT2D eigenvalue weighted by Crippen LogP contribution is 2.33. The first-order valence-corrected chi connectivity index (χ1v) is 8.33. The Hall–Kier alpha value is -0.610. The predicted octanol–water partition coefficient (Wildman–Crippen LogP) is 1.71. The number of nitrogens with zero attached hydrogens (tertiary/aromatic N) is 2. The number of carbonyl (C=O) groups excluding carboxylic acids is 1. The van der Waals surface area contributed by atoms with E-state index in [1.165, 1.54) is 0 Å². The Kier molecular flexibility index (Phi) is 5.44. The van der Waals surface area contributed by atoms with Gasteiger partial charge < -0.3 is 15.1 Å². The topological polar surface area (TPSA) is 35.6 Å². The number of carbonyl (C=O) groups is 1. The molecule has 2 saturated heterocycles. The van der Waals surface area contributed by atoms with Gasteiger partial charge in [0, 0.05) is 32.7 Å². The number of rotatable bonds is 4. The van der Waals surface area contributed by atoms with E-state index in [2.05, 4.69) is 29.0 Å². The molecule has 4 nitrogen and oxygen atoms in total. The molecule has 0 bridgehead atoms. The van der Waals surface area contributed by atoms with Crippen molar-refractivity contribution in [3.8, 4) is 0 Å². The lowest BCUT2D eigenvalue weighted by Gasteiger charge is -2.43. The van der Waals surface area contributed by atoms with Crippen molar-refractivity contribution in [1.82, 2.24) is 15.1 Å². The molecule has 2 heterocycles. The number of nitrogens with one attached hydrogen (secondary N) is 1. The molecule has 0 radical (unpaired) electrons. The van der Waals surface area contributed by atoms with Gasteiger partial charge in [-0.2, -0.15) is 0 Å². The third kappa shape index (κ3) is 3.17. The number of likely N-dealkylation sites (tertiary alicyclic amines) is 1. The lowest BCUT2D eigenvalue weighted by atomic mass is 9.76. The van der Waals surface area contributed by atoms with E-state index in [9.17, 15) is 4.79 Å². The van der Waals surface area contributed by atoms with Gasteiger partial charge in [-0.15, -0.1) is 0 Å². The van der Waals surface area contributed by atoms with Gasteiger partial charge in [0.15, 0.2) is 0 Å². The van der Waals surface area contributed by atoms with Crippen LogP contribution < -0.4 is 5.32 Å². The number of amides is 1. The average molecular weight is 281 g/mol. The second-order valence-corrected chi connectivity index (χ2v) is 6.50. The molecule has 4 heteroatoms. The summed E-state index contributed by atoms with van der Waals surface area (Å²) in [6.07, 6.45) is 5.39. The van der Waals surface area contributed by atoms with Crippen LogP contribution in [0.1, 0.15) is 46.0 Å². The monoisotopic (exact) mass is 281 g/mol. The normalized spacial score (nSPS) is 29.4. The number of hydrogen-bond donors (Lipinski definition) is 1. The molecule has 1 amide bonds. The standard InChI is InChI=1S/C16H31N3O/c1-4-16(9-6-10-17-13-16)15(20)18(3)14-7-11-19(5-2)12-8-14/h14,17H,4-13H2,1-3H3. The summed E-state index contributed by atoms with van der Waals surface area (Å²) in [5, 5.41) is 3.43. The zero-order valence-electron chi connectivity index (χ0n) is 13.5. The van der Waals surface area contributed by atoms with Crippen molar-refractivity contribution in [2.24, 2.45) is 5.41 Å². The molecular formula is C16H31N3O. The summed E-state index contributed by atoms with van der Waals surface area (Å²) in [6.45, 7) is 9.71. The van der Waals surface area contributed by atoms with Crippen LogP contribution in [0.3, 0.4) is 0 Å². The Morgan fingerprint density at radius 3 is 2.55 bits per heavy atom. The van der Waals surface area contributed by atoms with E-state index in [1.54, 1.807) is 0 Å². The third-order valence-corrected chi connectivity index (χ3v) is 5.48. The minimum Gasteiger partial charge on any atom is -0.342 e. The summed E-state index contributed by atoms with van der Waals surface area (Å²) in [7, 11) is 2.03. The van der Waals surface area contributed by atoms with Crippen molar-refractivity contribution >= 4 is 5.91 Å². The number of piperidine rings is 2. The van der Waals surface area contributed by atoms with E-state index < -0.39 is 0 Å². The number of hydrogen-bond acceptors (Lipinski definition) is 3. The smallest absolute Gasteiger partial charge is 0.230 e. The lowest BCUT2D eigenvalue weighted by Crippen LogP contribution is -2.54. The van der Waals surface area contributed by atoms with E-state index in [0.717, 1.165) is 64.8 Å². The van der Waals surface area contributed by atoms with Crippen LogP contribution in [-0.2, 0) is 4.79 Å². The molecule has 0 spiro atoms. The van der Waals surface area contributed by atoms with Gasteiger partial charge in [0.1, 0.15) is 0 Å². The molecule has 2 rings (SSSR count). The lowest BCUT2D eigenvalue weighted by molar-refractivity contribution is -0.145. The first-order valence-electron chi connectivity index (χ1n) is 8.33. The van der Waals surface area contributed by atoms with Crippen molar-refractivity contribution < 1.29 is 4.79 Å². The maximum absolute atomic E-state index is 13.0. The molecule has 2 aliphatic rings. The minimum absolute atomic E-state index is 0.144. The van der Waals surface area contributed by atoms with Gasteiger partial charge >= 0.3 is 0 Å². The fourth-order valence-corrected chi connectivity index (χ4v) is 3.77. The van der Waals surface area contributed by atoms with Crippen LogP contribution in [0.15, 0.2) is 0 Å². The molecular weight excluding hydrogens is 250 g/mol. The molecule has 2 fully saturated rings. The summed E-state index contributed by atoms with van der Waals surface area (Å²) >= 11 is 0. The zero-order valence-corrected chi connectivity index (χ0v) is 13.5. The van der Waals surface area contributed by atoms with Crippen LogP contribution in [-0.4, -0.2) is 61.5 Å². The van der Waals surface area contributed by atoms with Crippen molar-refractivity contribution in [2.75, 3.05) is 39.8 Å². The molecule has 2 aliphatic heterocycles. The molecule has 0 aromatic rings. The quantitative estimate of drug-likeness (QED) is 0.852. The van der Waals surface area contributed by atoms with Crippen LogP contribution in [0, 0.1) is 5.41 Å². The zero-order chi connectivity index (χ0) is 14.6. The largest absolute Gasteiger partial charge is 0.342 e. The van der Waals surface area contributed by atoms with Gasteiger partial charge in [0.05, 0.1) is 5.41 Å². The SMILES string of the molecule is CCN1CCC(N(C)C(=O)C2(CC)CCCNC2)CC1. The Balaban J connectivity index is 1.97. The van der Waals surface area contributed by atoms with E-state index >= 15 is 0 Å². The molecule has 0 saturated carbocycles. The first-order chi connectivity index (χ1) is 9.63. The highest BCUT2D eigenvalue weighted by Gasteiger charge is 2.41. The van der Waals surface area contributed by atoms with E-state index in [0.29, 0.717) is 11.9 Å². The van der Waals surface area contributed by atoms with Crippen molar-refractivity contribution in [2.45, 2.75) is 52.0 Å². The molecule has 0 aliphatic carbocycles. The third-order valence-electron chi connectivity index (χ3n) is 5.48. The van der Waals surface area contributed by atoms with E-state index in [4.69, 9.17) is 0 Å². The average Bonchev–Trinajstić information content (AvgIpc) is 2.54. The summed E-state index contributed by atoms with van der Waals surface area (Å²) in [5.74, 6) is 0.377. The molecule has 1 N–H and O–H groups in total. The summed E-state index contributed by atoms with van der Waals surface area (Å²) in [5.41, 5.74) is -0.144. The summed E-state index contributed by atoms with van der Waals surface area (Å²) < 4.78 is 0. The molecule has 0 aromatic heterocycles. The van der Waals surface area contributed by atoms with Gasteiger partial charge in [0.2, 0.25) is 5.91 Å². The van der Waals surface area contributed by atoms with Crippen LogP contribution in [0.4, 0.5) is 0 Å². The van der Waals surface area contributed by atoms with Gasteiger partial charge in [-0.25, -0.2) is 0 Å². The Labute approximate surface area is 123 Å². The highest BCUT2D eigenvalue weighted by molar-refractivity contribution is 5.83. The molecule has 1 unspecified atom stereocenters. The molecule has 20 heavy (non-hydrogen) atoms. The highest BCUT2D eigenvalue weighted by atomic mass is 16.2. The van der Waals surface area contributed by atoms with Gasteiger partial charge in [-0.1, -0.05) is 13.8 Å². The second-order valence-electron chi connectivity index (χ2n) is 6.50. The van der Waals surface area contributed by atoms with E-state index in [-0.39, 0.29) is 5.41 Å². The van der Waals surface area contributed by atoms with Crippen LogP contribution >= 0.6 is 0 Å². The molecule has 1 atom stereocenters. The second kappa shape index (κ2) is 6.90. The first kappa shape index (κ1) is 15.8. The molecule has 116 valence electrons. The van der Waals surface area contributed by atoms with Gasteiger partial charge in [0.25, 0.3) is 0 Å². The minimum atomic E-state index is -0.144. The van der Waals surface area contributed by atoms with Crippen LogP contribution in [0.5, 0.6) is 0 Å². The van der Waals surface area contributed by atoms with Crippen LogP contribution in [0.25, 0.3) is 0 Å². The summed E-state index contributed by atoms with van der Waals surface area (Å²) in [4.78, 5) is 17.5. The van der Waals surface area contributed by atoms with Gasteiger partial charge in [-0.3, -0.25) is 4.79 Å². The van der Waals surface area contributed by atoms with Crippen LogP contribution in [0.2, 0.25) is 0 Å². The maximum Gasteiger partial charge on any atom is 0.230 e. The molecule has 0 aromatic carbocycles. The fraction of sp³-hybridized carbons (Fsp3) is 0.938. The van der Waals surface area contributed by atoms with E-state index in [1.807, 2.05) is 7.05 Å². The predicted molar refractivity (Wildman–Crippen MR) is 82.7 cm³/mol. The maximum atomic E-state index is 13.0.